The fraction of sp³-hybridized carbons (Fsp3) is 0.143. The van der Waals surface area contributed by atoms with Crippen molar-refractivity contribution in [1.82, 2.24) is 4.31 Å². The molecule has 0 spiro atoms. The van der Waals surface area contributed by atoms with Crippen LogP contribution in [0, 0.1) is 0 Å². The smallest absolute Gasteiger partial charge is 0.284 e. The van der Waals surface area contributed by atoms with Crippen LogP contribution in [-0.2, 0) is 24.6 Å². The van der Waals surface area contributed by atoms with Crippen LogP contribution in [0.1, 0.15) is 0 Å². The van der Waals surface area contributed by atoms with Gasteiger partial charge in [0.2, 0.25) is 10.0 Å². The number of sulfonamides is 2. The third kappa shape index (κ3) is 4.60. The first kappa shape index (κ1) is 21.2. The second kappa shape index (κ2) is 7.50. The summed E-state index contributed by atoms with van der Waals surface area (Å²) in [6.45, 7) is 0. The van der Waals surface area contributed by atoms with Gasteiger partial charge >= 0.3 is 0 Å². The molecule has 0 saturated carbocycles. The number of anilines is 1. The van der Waals surface area contributed by atoms with E-state index < -0.39 is 25.9 Å². The molecule has 0 aliphatic carbocycles. The predicted molar refractivity (Wildman–Crippen MR) is 104 cm³/mol. The normalized spacial score (nSPS) is 13.0. The molecule has 0 unspecified atom stereocenters. The lowest BCUT2D eigenvalue weighted by molar-refractivity contribution is 0.520. The average molecular weight is 457 g/mol. The Labute approximate surface area is 162 Å². The molecule has 2 aromatic carbocycles. The van der Waals surface area contributed by atoms with Crippen LogP contribution in [0.2, 0.25) is 0 Å². The van der Waals surface area contributed by atoms with Crippen molar-refractivity contribution in [3.63, 3.8) is 0 Å². The highest BCUT2D eigenvalue weighted by Gasteiger charge is 2.25. The maximum absolute atomic E-state index is 12.5. The molecule has 12 heteroatoms. The van der Waals surface area contributed by atoms with Gasteiger partial charge in [0.25, 0.3) is 15.9 Å². The number of benzene rings is 2. The first-order valence-electron chi connectivity index (χ1n) is 7.00. The molecule has 0 aromatic heterocycles. The predicted octanol–water partition coefficient (Wildman–Crippen LogP) is 3.03. The fourth-order valence-corrected chi connectivity index (χ4v) is 5.60. The Balaban J connectivity index is 2.40. The lowest BCUT2D eigenvalue weighted by atomic mass is 10.3. The van der Waals surface area contributed by atoms with E-state index >= 15 is 0 Å². The summed E-state index contributed by atoms with van der Waals surface area (Å²) in [4.78, 5) is -0.225. The molecule has 0 amide bonds. The Morgan fingerprint density at radius 2 is 1.38 bits per heavy atom. The van der Waals surface area contributed by atoms with Crippen LogP contribution in [0.15, 0.2) is 58.3 Å². The third-order valence-corrected chi connectivity index (χ3v) is 8.60. The second-order valence-electron chi connectivity index (χ2n) is 5.34. The van der Waals surface area contributed by atoms with Crippen LogP contribution in [0.25, 0.3) is 0 Å². The van der Waals surface area contributed by atoms with Crippen molar-refractivity contribution in [2.24, 2.45) is 0 Å². The molecule has 1 N–H and O–H groups in total. The highest BCUT2D eigenvalue weighted by Crippen LogP contribution is 2.56. The number of para-hydroxylation sites is 1. The van der Waals surface area contributed by atoms with Gasteiger partial charge in [-0.2, -0.15) is 0 Å². The zero-order valence-electron chi connectivity index (χ0n) is 13.6. The number of halogens is 2. The number of nitrogens with zero attached hydrogens (tertiary/aromatic N) is 1. The molecule has 0 saturated heterocycles. The lowest BCUT2D eigenvalue weighted by Gasteiger charge is -2.14. The van der Waals surface area contributed by atoms with Crippen LogP contribution < -0.4 is 10.0 Å². The molecule has 142 valence electrons. The summed E-state index contributed by atoms with van der Waals surface area (Å²) in [6.07, 6.45) is 0. The number of rotatable bonds is 6. The quantitative estimate of drug-likeness (QED) is 0.673. The van der Waals surface area contributed by atoms with Crippen LogP contribution in [0.5, 0.6) is 0 Å². The maximum atomic E-state index is 12.5. The van der Waals surface area contributed by atoms with Gasteiger partial charge in [-0.3, -0.25) is 9.29 Å². The first-order valence-corrected chi connectivity index (χ1v) is 13.4. The monoisotopic (exact) mass is 456 g/mol. The standard InChI is InChI=1S/C14H15Cl2N2O5PS2/c1-18(2)26(22,23)12-9-7-11(8-10-12)25(20,21)17-13-5-3-4-6-14(13)24(15,16)19/h3-10,17H,1-2H3. The molecule has 0 aliphatic heterocycles. The first-order chi connectivity index (χ1) is 11.9. The summed E-state index contributed by atoms with van der Waals surface area (Å²) in [5.74, 6) is -3.74. The molecule has 0 aliphatic rings. The van der Waals surface area contributed by atoms with E-state index in [0.717, 1.165) is 16.4 Å². The number of hydrogen-bond acceptors (Lipinski definition) is 5. The van der Waals surface area contributed by atoms with Gasteiger partial charge in [0.05, 0.1) is 20.8 Å². The van der Waals surface area contributed by atoms with E-state index in [9.17, 15) is 21.4 Å². The van der Waals surface area contributed by atoms with E-state index in [1.807, 2.05) is 0 Å². The Hall–Kier alpha value is -1.09. The second-order valence-corrected chi connectivity index (χ2v) is 14.0. The van der Waals surface area contributed by atoms with Gasteiger partial charge in [0.15, 0.2) is 0 Å². The zero-order chi connectivity index (χ0) is 19.8. The molecule has 0 atom stereocenters. The molecule has 0 radical (unpaired) electrons. The maximum Gasteiger partial charge on any atom is 0.284 e. The van der Waals surface area contributed by atoms with E-state index in [1.54, 1.807) is 0 Å². The molecule has 0 heterocycles. The highest BCUT2D eigenvalue weighted by atomic mass is 35.9. The highest BCUT2D eigenvalue weighted by molar-refractivity contribution is 8.13. The van der Waals surface area contributed by atoms with Crippen molar-refractivity contribution < 1.29 is 21.4 Å². The number of hydrogen-bond donors (Lipinski definition) is 1. The van der Waals surface area contributed by atoms with Crippen LogP contribution in [0.4, 0.5) is 5.69 Å². The van der Waals surface area contributed by atoms with Crippen molar-refractivity contribution >= 4 is 59.4 Å². The van der Waals surface area contributed by atoms with E-state index in [1.165, 1.54) is 50.5 Å². The van der Waals surface area contributed by atoms with Gasteiger partial charge < -0.3 is 0 Å². The Kier molecular flexibility index (Phi) is 6.12. The Morgan fingerprint density at radius 1 is 0.885 bits per heavy atom. The zero-order valence-corrected chi connectivity index (χ0v) is 17.7. The van der Waals surface area contributed by atoms with Gasteiger partial charge in [-0.1, -0.05) is 12.1 Å². The molecule has 2 aromatic rings. The minimum absolute atomic E-state index is 0.0224. The summed E-state index contributed by atoms with van der Waals surface area (Å²) in [5.41, 5.74) is -0.0224. The lowest BCUT2D eigenvalue weighted by Crippen LogP contribution is -2.22. The van der Waals surface area contributed by atoms with E-state index in [0.29, 0.717) is 0 Å². The van der Waals surface area contributed by atoms with Crippen molar-refractivity contribution in [3.05, 3.63) is 48.5 Å². The number of nitrogens with one attached hydrogen (secondary N) is 1. The van der Waals surface area contributed by atoms with E-state index in [2.05, 4.69) is 4.72 Å². The fourth-order valence-electron chi connectivity index (χ4n) is 1.99. The molecule has 2 rings (SSSR count). The van der Waals surface area contributed by atoms with Crippen LogP contribution in [0.3, 0.4) is 0 Å². The molecule has 7 nitrogen and oxygen atoms in total. The van der Waals surface area contributed by atoms with Crippen molar-refractivity contribution in [1.29, 1.82) is 0 Å². The molecular weight excluding hydrogens is 442 g/mol. The minimum Gasteiger partial charge on any atom is -0.284 e. The van der Waals surface area contributed by atoms with E-state index in [-0.39, 0.29) is 20.8 Å². The van der Waals surface area contributed by atoms with Crippen molar-refractivity contribution in [2.45, 2.75) is 9.79 Å². The summed E-state index contributed by atoms with van der Waals surface area (Å²) in [5, 5.41) is -0.0429. The largest absolute Gasteiger partial charge is 0.284 e. The van der Waals surface area contributed by atoms with Gasteiger partial charge in [-0.15, -0.1) is 0 Å². The van der Waals surface area contributed by atoms with E-state index in [4.69, 9.17) is 22.5 Å². The topological polar surface area (TPSA) is 101 Å². The van der Waals surface area contributed by atoms with Gasteiger partial charge in [-0.05, 0) is 58.9 Å². The summed E-state index contributed by atoms with van der Waals surface area (Å²) in [6, 6.07) is 10.4. The summed E-state index contributed by atoms with van der Waals surface area (Å²) in [7, 11) is -5.01. The summed E-state index contributed by atoms with van der Waals surface area (Å²) >= 11 is 11.3. The molecular formula is C14H15Cl2N2O5PS2. The van der Waals surface area contributed by atoms with Gasteiger partial charge in [0, 0.05) is 14.1 Å². The Bertz CT molecular complexity index is 1060. The Morgan fingerprint density at radius 3 is 1.88 bits per heavy atom. The molecule has 26 heavy (non-hydrogen) atoms. The molecule has 0 fully saturated rings. The van der Waals surface area contributed by atoms with Crippen LogP contribution in [-0.4, -0.2) is 35.2 Å². The minimum atomic E-state index is -4.08. The van der Waals surface area contributed by atoms with Gasteiger partial charge in [0.1, 0.15) is 0 Å². The van der Waals surface area contributed by atoms with Crippen molar-refractivity contribution in [3.8, 4) is 0 Å². The summed E-state index contributed by atoms with van der Waals surface area (Å²) < 4.78 is 64.3. The average Bonchev–Trinajstić information content (AvgIpc) is 2.54. The molecule has 0 bridgehead atoms. The SMILES string of the molecule is CN(C)S(=O)(=O)c1ccc(S(=O)(=O)Nc2ccccc2P(=O)(Cl)Cl)cc1. The van der Waals surface area contributed by atoms with Gasteiger partial charge in [-0.25, -0.2) is 21.1 Å². The third-order valence-electron chi connectivity index (χ3n) is 3.34. The van der Waals surface area contributed by atoms with Crippen LogP contribution >= 0.6 is 28.3 Å². The van der Waals surface area contributed by atoms with Crippen molar-refractivity contribution in [2.75, 3.05) is 18.8 Å².